The molecule has 24 heavy (non-hydrogen) atoms. The Morgan fingerprint density at radius 3 is 2.54 bits per heavy atom. The Morgan fingerprint density at radius 1 is 1.33 bits per heavy atom. The lowest BCUT2D eigenvalue weighted by Crippen LogP contribution is -2.43. The average Bonchev–Trinajstić information content (AvgIpc) is 2.55. The van der Waals surface area contributed by atoms with Crippen LogP contribution in [0.3, 0.4) is 0 Å². The molecule has 7 heteroatoms. The van der Waals surface area contributed by atoms with Crippen molar-refractivity contribution < 1.29 is 23.4 Å². The van der Waals surface area contributed by atoms with Crippen molar-refractivity contribution in [1.82, 2.24) is 10.2 Å². The Bertz CT molecular complexity index is 517. The van der Waals surface area contributed by atoms with E-state index in [0.717, 1.165) is 31.8 Å². The first-order valence-corrected chi connectivity index (χ1v) is 8.17. The Labute approximate surface area is 140 Å². The van der Waals surface area contributed by atoms with Crippen LogP contribution in [0.1, 0.15) is 30.1 Å². The number of piperidine rings is 1. The molecule has 0 spiro atoms. The van der Waals surface area contributed by atoms with Crippen LogP contribution in [0.5, 0.6) is 5.75 Å². The van der Waals surface area contributed by atoms with E-state index < -0.39 is 12.7 Å². The minimum atomic E-state index is -2.89. The third kappa shape index (κ3) is 6.05. The number of carbonyl (C=O) groups is 1. The molecule has 1 amide bonds. The molecule has 1 aliphatic heterocycles. The second-order valence-electron chi connectivity index (χ2n) is 6.25. The molecular formula is C17H24F2N2O3. The maximum Gasteiger partial charge on any atom is 0.387 e. The monoisotopic (exact) mass is 342 g/mol. The van der Waals surface area contributed by atoms with Crippen LogP contribution in [0.15, 0.2) is 24.3 Å². The summed E-state index contributed by atoms with van der Waals surface area (Å²) in [4.78, 5) is 14.2. The van der Waals surface area contributed by atoms with Gasteiger partial charge in [-0.05, 0) is 56.1 Å². The molecule has 2 N–H and O–H groups in total. The van der Waals surface area contributed by atoms with Crippen LogP contribution in [-0.4, -0.2) is 54.8 Å². The zero-order valence-corrected chi connectivity index (χ0v) is 13.8. The Balaban J connectivity index is 1.73. The summed E-state index contributed by atoms with van der Waals surface area (Å²) in [6.07, 6.45) is 1.63. The number of aliphatic hydroxyl groups excluding tert-OH is 1. The van der Waals surface area contributed by atoms with Gasteiger partial charge in [-0.15, -0.1) is 0 Å². The Hall–Kier alpha value is -1.73. The number of ether oxygens (including phenoxy) is 1. The molecule has 1 unspecified atom stereocenters. The Morgan fingerprint density at radius 2 is 1.96 bits per heavy atom. The van der Waals surface area contributed by atoms with Crippen molar-refractivity contribution in [2.24, 2.45) is 5.92 Å². The van der Waals surface area contributed by atoms with Gasteiger partial charge in [-0.1, -0.05) is 6.92 Å². The number of hydrogen-bond donors (Lipinski definition) is 2. The second-order valence-corrected chi connectivity index (χ2v) is 6.25. The number of carbonyl (C=O) groups excluding carboxylic acids is 1. The zero-order chi connectivity index (χ0) is 17.5. The van der Waals surface area contributed by atoms with Crippen LogP contribution in [0, 0.1) is 5.92 Å². The first kappa shape index (κ1) is 18.6. The summed E-state index contributed by atoms with van der Waals surface area (Å²) in [5, 5.41) is 12.7. The quantitative estimate of drug-likeness (QED) is 0.797. The summed E-state index contributed by atoms with van der Waals surface area (Å²) in [5.74, 6) is 0.376. The number of nitrogens with one attached hydrogen (secondary N) is 1. The first-order valence-electron chi connectivity index (χ1n) is 8.17. The van der Waals surface area contributed by atoms with Crippen LogP contribution >= 0.6 is 0 Å². The van der Waals surface area contributed by atoms with Gasteiger partial charge >= 0.3 is 6.61 Å². The number of benzene rings is 1. The molecule has 0 aliphatic carbocycles. The smallest absolute Gasteiger partial charge is 0.387 e. The molecule has 0 bridgehead atoms. The third-order valence-corrected chi connectivity index (χ3v) is 4.19. The minimum Gasteiger partial charge on any atom is -0.435 e. The molecule has 0 aromatic heterocycles. The molecule has 1 heterocycles. The molecule has 1 saturated heterocycles. The molecule has 0 radical (unpaired) electrons. The Kier molecular flexibility index (Phi) is 6.93. The van der Waals surface area contributed by atoms with Crippen LogP contribution in [0.4, 0.5) is 8.78 Å². The minimum absolute atomic E-state index is 0.000844. The number of β-amino-alcohol motifs (C(OH)–C–C–N with tert-alkyl or cyclic N) is 1. The van der Waals surface area contributed by atoms with Crippen LogP contribution in [-0.2, 0) is 0 Å². The van der Waals surface area contributed by atoms with Crippen molar-refractivity contribution in [2.75, 3.05) is 26.2 Å². The molecule has 134 valence electrons. The molecule has 1 fully saturated rings. The predicted molar refractivity (Wildman–Crippen MR) is 86.3 cm³/mol. The van der Waals surface area contributed by atoms with E-state index in [9.17, 15) is 18.7 Å². The van der Waals surface area contributed by atoms with Crippen molar-refractivity contribution in [3.63, 3.8) is 0 Å². The normalized spacial score (nSPS) is 17.7. The van der Waals surface area contributed by atoms with Gasteiger partial charge in [0.25, 0.3) is 5.91 Å². The van der Waals surface area contributed by atoms with Crippen molar-refractivity contribution in [3.8, 4) is 5.75 Å². The number of alkyl halides is 2. The van der Waals surface area contributed by atoms with Crippen molar-refractivity contribution >= 4 is 5.91 Å². The largest absolute Gasteiger partial charge is 0.435 e. The lowest BCUT2D eigenvalue weighted by molar-refractivity contribution is -0.0498. The molecule has 1 aromatic carbocycles. The van der Waals surface area contributed by atoms with Gasteiger partial charge < -0.3 is 20.1 Å². The highest BCUT2D eigenvalue weighted by Crippen LogP contribution is 2.16. The highest BCUT2D eigenvalue weighted by molar-refractivity contribution is 5.94. The van der Waals surface area contributed by atoms with E-state index in [1.54, 1.807) is 0 Å². The number of aliphatic hydroxyl groups is 1. The van der Waals surface area contributed by atoms with Crippen molar-refractivity contribution in [3.05, 3.63) is 29.8 Å². The fraction of sp³-hybridized carbons (Fsp3) is 0.588. The number of hydrogen-bond acceptors (Lipinski definition) is 4. The molecular weight excluding hydrogens is 318 g/mol. The highest BCUT2D eigenvalue weighted by atomic mass is 19.3. The molecule has 5 nitrogen and oxygen atoms in total. The topological polar surface area (TPSA) is 61.8 Å². The van der Waals surface area contributed by atoms with Gasteiger partial charge in [-0.25, -0.2) is 0 Å². The summed E-state index contributed by atoms with van der Waals surface area (Å²) < 4.78 is 28.4. The highest BCUT2D eigenvalue weighted by Gasteiger charge is 2.18. The molecule has 1 aromatic rings. The standard InChI is InChI=1S/C17H24F2N2O3/c1-12-6-8-21(9-7-12)11-14(22)10-20-16(23)13-2-4-15(5-3-13)24-17(18)19/h2-5,12,14,17,22H,6-11H2,1H3,(H,20,23). The summed E-state index contributed by atoms with van der Waals surface area (Å²) in [6.45, 7) is 1.97. The van der Waals surface area contributed by atoms with Gasteiger partial charge in [0.2, 0.25) is 0 Å². The van der Waals surface area contributed by atoms with E-state index in [1.807, 2.05) is 0 Å². The number of halogens is 2. The van der Waals surface area contributed by atoms with E-state index in [-0.39, 0.29) is 18.2 Å². The van der Waals surface area contributed by atoms with Gasteiger partial charge in [0.1, 0.15) is 5.75 Å². The molecule has 2 rings (SSSR count). The molecule has 1 aliphatic rings. The van der Waals surface area contributed by atoms with Crippen molar-refractivity contribution in [2.45, 2.75) is 32.5 Å². The number of nitrogens with zero attached hydrogens (tertiary/aromatic N) is 1. The van der Waals surface area contributed by atoms with Gasteiger partial charge in [-0.2, -0.15) is 8.78 Å². The van der Waals surface area contributed by atoms with Crippen LogP contribution < -0.4 is 10.1 Å². The second kappa shape index (κ2) is 8.94. The zero-order valence-electron chi connectivity index (χ0n) is 13.8. The lowest BCUT2D eigenvalue weighted by Gasteiger charge is -2.31. The van der Waals surface area contributed by atoms with Gasteiger partial charge in [0, 0.05) is 18.7 Å². The SMILES string of the molecule is CC1CCN(CC(O)CNC(=O)c2ccc(OC(F)F)cc2)CC1. The van der Waals surface area contributed by atoms with Crippen LogP contribution in [0.2, 0.25) is 0 Å². The number of rotatable bonds is 7. The molecule has 0 saturated carbocycles. The number of likely N-dealkylation sites (tertiary alicyclic amines) is 1. The fourth-order valence-corrected chi connectivity index (χ4v) is 2.71. The van der Waals surface area contributed by atoms with E-state index in [0.29, 0.717) is 12.1 Å². The summed E-state index contributed by atoms with van der Waals surface area (Å²) in [7, 11) is 0. The summed E-state index contributed by atoms with van der Waals surface area (Å²) in [5.41, 5.74) is 0.329. The van der Waals surface area contributed by atoms with Gasteiger partial charge in [0.15, 0.2) is 0 Å². The first-order chi connectivity index (χ1) is 11.4. The van der Waals surface area contributed by atoms with E-state index in [2.05, 4.69) is 21.9 Å². The van der Waals surface area contributed by atoms with Crippen molar-refractivity contribution in [1.29, 1.82) is 0 Å². The van der Waals surface area contributed by atoms with Gasteiger partial charge in [-0.3, -0.25) is 4.79 Å². The maximum absolute atomic E-state index is 12.1. The predicted octanol–water partition coefficient (Wildman–Crippen LogP) is 2.11. The maximum atomic E-state index is 12.1. The van der Waals surface area contributed by atoms with E-state index in [1.165, 1.54) is 24.3 Å². The summed E-state index contributed by atoms with van der Waals surface area (Å²) in [6, 6.07) is 5.44. The van der Waals surface area contributed by atoms with E-state index in [4.69, 9.17) is 0 Å². The van der Waals surface area contributed by atoms with E-state index >= 15 is 0 Å². The third-order valence-electron chi connectivity index (χ3n) is 4.19. The average molecular weight is 342 g/mol. The number of amides is 1. The van der Waals surface area contributed by atoms with Crippen LogP contribution in [0.25, 0.3) is 0 Å². The molecule has 1 atom stereocenters. The fourth-order valence-electron chi connectivity index (χ4n) is 2.71. The lowest BCUT2D eigenvalue weighted by atomic mass is 9.99. The summed E-state index contributed by atoms with van der Waals surface area (Å²) >= 11 is 0. The van der Waals surface area contributed by atoms with Gasteiger partial charge in [0.05, 0.1) is 6.10 Å².